The molecule has 0 radical (unpaired) electrons. The van der Waals surface area contributed by atoms with Crippen molar-refractivity contribution < 1.29 is 21.2 Å². The van der Waals surface area contributed by atoms with Crippen LogP contribution in [0.2, 0.25) is 0 Å². The number of carbonyl (C=O) groups is 1. The van der Waals surface area contributed by atoms with Crippen LogP contribution in [-0.4, -0.2) is 21.5 Å². The van der Waals surface area contributed by atoms with Crippen molar-refractivity contribution in [2.24, 2.45) is 0 Å². The first-order chi connectivity index (χ1) is 10.8. The molecule has 0 atom stereocenters. The molecule has 0 spiro atoms. The van der Waals surface area contributed by atoms with Gasteiger partial charge in [0, 0.05) is 15.3 Å². The highest BCUT2D eigenvalue weighted by molar-refractivity contribution is 5.90. The predicted octanol–water partition coefficient (Wildman–Crippen LogP) is 4.17. The summed E-state index contributed by atoms with van der Waals surface area (Å²) in [6.45, 7) is 7.17. The van der Waals surface area contributed by atoms with E-state index < -0.39 is 0 Å². The average Bonchev–Trinajstić information content (AvgIpc) is 2.81. The highest BCUT2D eigenvalue weighted by atomic mass is 16.3. The minimum Gasteiger partial charge on any atom is -0.870 e. The van der Waals surface area contributed by atoms with Crippen LogP contribution in [0.15, 0.2) is 40.8 Å². The van der Waals surface area contributed by atoms with E-state index in [0.29, 0.717) is 5.69 Å². The van der Waals surface area contributed by atoms with Gasteiger partial charge in [-0.3, -0.25) is 4.79 Å². The molecule has 0 saturated heterocycles. The Hall–Kier alpha value is -2.86. The van der Waals surface area contributed by atoms with Gasteiger partial charge in [-0.15, -0.1) is 0 Å². The number of rotatable bonds is 1. The summed E-state index contributed by atoms with van der Waals surface area (Å²) in [6, 6.07) is 11.1. The summed E-state index contributed by atoms with van der Waals surface area (Å²) < 4.78 is 5.34. The van der Waals surface area contributed by atoms with Gasteiger partial charge in [-0.2, -0.15) is 0 Å². The van der Waals surface area contributed by atoms with E-state index in [0.717, 1.165) is 22.6 Å². The van der Waals surface area contributed by atoms with Crippen molar-refractivity contribution in [2.45, 2.75) is 27.7 Å². The topological polar surface area (TPSA) is 105 Å². The second-order valence-corrected chi connectivity index (χ2v) is 5.41. The van der Waals surface area contributed by atoms with Gasteiger partial charge in [0.2, 0.25) is 5.91 Å². The highest BCUT2D eigenvalue weighted by Gasteiger charge is 2.01. The standard InChI is InChI=1S/C9H11NO2.C9H9NO.H2O.H2/c1-6-3-4-8(9(12)5-6)10-7(2)11;1-6-3-4-8-9(5-6)11-7(2)10-8;;/h3-5,12H,1-2H3,(H,10,11);3-5H,1-2H3;1H2;1H/p-1/i;;;1+2. The lowest BCUT2D eigenvalue weighted by atomic mass is 10.2. The van der Waals surface area contributed by atoms with Gasteiger partial charge < -0.3 is 20.3 Å². The number of aromatic nitrogens is 1. The highest BCUT2D eigenvalue weighted by Crippen LogP contribution is 2.23. The number of nitrogens with one attached hydrogen (secondary N) is 1. The molecule has 3 N–H and O–H groups in total. The molecule has 1 aromatic heterocycles. The third kappa shape index (κ3) is 5.10. The SMILES string of the molecule is CC(=O)Nc1ccc(C)cc1O.Cc1ccc2nc(C)oc2c1.[3HH].[OH-]. The van der Waals surface area contributed by atoms with Crippen molar-refractivity contribution in [3.8, 4) is 5.75 Å². The fourth-order valence-corrected chi connectivity index (χ4v) is 2.08. The van der Waals surface area contributed by atoms with E-state index in [1.165, 1.54) is 12.5 Å². The summed E-state index contributed by atoms with van der Waals surface area (Å²) in [5.74, 6) is 0.643. The van der Waals surface area contributed by atoms with Gasteiger partial charge >= 0.3 is 0 Å². The van der Waals surface area contributed by atoms with Crippen molar-refractivity contribution >= 4 is 22.7 Å². The second-order valence-electron chi connectivity index (χ2n) is 5.41. The maximum atomic E-state index is 10.6. The predicted molar refractivity (Wildman–Crippen MR) is 94.7 cm³/mol. The van der Waals surface area contributed by atoms with Crippen LogP contribution in [-0.2, 0) is 4.79 Å². The number of oxazole rings is 1. The number of nitrogens with zero attached hydrogens (tertiary/aromatic N) is 1. The molecule has 2 aromatic carbocycles. The van der Waals surface area contributed by atoms with Gasteiger partial charge in [0.1, 0.15) is 11.3 Å². The van der Waals surface area contributed by atoms with Crippen molar-refractivity contribution in [3.63, 3.8) is 0 Å². The van der Waals surface area contributed by atoms with E-state index >= 15 is 0 Å². The van der Waals surface area contributed by atoms with Crippen molar-refractivity contribution in [3.05, 3.63) is 53.4 Å². The summed E-state index contributed by atoms with van der Waals surface area (Å²) in [4.78, 5) is 14.8. The molecule has 0 bridgehead atoms. The number of aromatic hydroxyl groups is 1. The number of phenols is 1. The number of hydrogen-bond donors (Lipinski definition) is 2. The van der Waals surface area contributed by atoms with Crippen molar-refractivity contribution in [2.75, 3.05) is 5.32 Å². The molecule has 0 fully saturated rings. The molecule has 1 heterocycles. The molecule has 3 rings (SSSR count). The van der Waals surface area contributed by atoms with Crippen LogP contribution in [0.4, 0.5) is 5.69 Å². The number of benzene rings is 2. The molecule has 1 amide bonds. The number of fused-ring (bicyclic) bond motifs is 1. The fourth-order valence-electron chi connectivity index (χ4n) is 2.08. The van der Waals surface area contributed by atoms with E-state index in [4.69, 9.17) is 4.42 Å². The minimum atomic E-state index is -0.186. The molecule has 0 saturated carbocycles. The number of aryl methyl sites for hydroxylation is 3. The smallest absolute Gasteiger partial charge is 0.221 e. The van der Waals surface area contributed by atoms with Crippen molar-refractivity contribution in [1.29, 1.82) is 0 Å². The Morgan fingerprint density at radius 3 is 2.38 bits per heavy atom. The molecule has 0 aliphatic rings. The summed E-state index contributed by atoms with van der Waals surface area (Å²) in [7, 11) is 0. The van der Waals surface area contributed by atoms with E-state index in [1.807, 2.05) is 45.0 Å². The lowest BCUT2D eigenvalue weighted by Crippen LogP contribution is -2.05. The summed E-state index contributed by atoms with van der Waals surface area (Å²) >= 11 is 0. The zero-order valence-corrected chi connectivity index (χ0v) is 14.1. The monoisotopic (exact) mass is 333 g/mol. The average molecular weight is 333 g/mol. The number of hydrogen-bond acceptors (Lipinski definition) is 5. The molecule has 0 aliphatic heterocycles. The molecule has 24 heavy (non-hydrogen) atoms. The summed E-state index contributed by atoms with van der Waals surface area (Å²) in [5.41, 5.74) is 4.43. The van der Waals surface area contributed by atoms with E-state index in [-0.39, 0.29) is 18.6 Å². The van der Waals surface area contributed by atoms with Gasteiger partial charge in [0.25, 0.3) is 0 Å². The van der Waals surface area contributed by atoms with Gasteiger partial charge in [-0.1, -0.05) is 12.1 Å². The first-order valence-corrected chi connectivity index (χ1v) is 7.26. The molecule has 6 heteroatoms. The Morgan fingerprint density at radius 2 is 1.75 bits per heavy atom. The lowest BCUT2D eigenvalue weighted by molar-refractivity contribution is -0.114. The Balaban J connectivity index is 0.000000427. The molecule has 130 valence electrons. The van der Waals surface area contributed by atoms with Gasteiger partial charge in [0.05, 0.1) is 5.69 Å². The number of anilines is 1. The van der Waals surface area contributed by atoms with Crippen molar-refractivity contribution in [1.82, 2.24) is 4.98 Å². The largest absolute Gasteiger partial charge is 0.870 e. The van der Waals surface area contributed by atoms with E-state index in [9.17, 15) is 9.90 Å². The third-order valence-corrected chi connectivity index (χ3v) is 3.11. The first kappa shape index (κ1) is 19.2. The van der Waals surface area contributed by atoms with Crippen LogP contribution in [0.5, 0.6) is 5.75 Å². The van der Waals surface area contributed by atoms with Gasteiger partial charge in [0.15, 0.2) is 11.5 Å². The Labute approximate surface area is 141 Å². The number of phenolic OH excluding ortho intramolecular Hbond substituents is 1. The van der Waals surface area contributed by atoms with Gasteiger partial charge in [-0.25, -0.2) is 4.98 Å². The Bertz CT molecular complexity index is 846. The van der Waals surface area contributed by atoms with Crippen LogP contribution < -0.4 is 5.32 Å². The number of amides is 1. The third-order valence-electron chi connectivity index (χ3n) is 3.11. The quantitative estimate of drug-likeness (QED) is 0.650. The van der Waals surface area contributed by atoms with Crippen LogP contribution >= 0.6 is 0 Å². The number of carbonyl (C=O) groups excluding carboxylic acids is 1. The van der Waals surface area contributed by atoms with E-state index in [2.05, 4.69) is 10.3 Å². The molecular formula is C18H23N2O4-. The molecule has 0 unspecified atom stereocenters. The molecular weight excluding hydrogens is 308 g/mol. The van der Waals surface area contributed by atoms with Crippen LogP contribution in [0, 0.1) is 20.8 Å². The van der Waals surface area contributed by atoms with Crippen LogP contribution in [0.25, 0.3) is 11.1 Å². The molecule has 3 aromatic rings. The summed E-state index contributed by atoms with van der Waals surface area (Å²) in [5, 5.41) is 11.8. The molecule has 6 nitrogen and oxygen atoms in total. The maximum absolute atomic E-state index is 10.6. The maximum Gasteiger partial charge on any atom is 0.221 e. The normalized spacial score (nSPS) is 9.67. The Morgan fingerprint density at radius 1 is 1.12 bits per heavy atom. The zero-order chi connectivity index (χ0) is 17.0. The minimum absolute atomic E-state index is 0. The lowest BCUT2D eigenvalue weighted by Gasteiger charge is -2.04. The zero-order valence-electron chi connectivity index (χ0n) is 14.1. The van der Waals surface area contributed by atoms with Gasteiger partial charge in [-0.05, 0) is 49.2 Å². The molecule has 0 aliphatic carbocycles. The van der Waals surface area contributed by atoms with Crippen LogP contribution in [0.1, 0.15) is 25.4 Å². The Kier molecular flexibility index (Phi) is 6.49. The summed E-state index contributed by atoms with van der Waals surface area (Å²) in [6.07, 6.45) is 0. The first-order valence-electron chi connectivity index (χ1n) is 7.26. The van der Waals surface area contributed by atoms with E-state index in [1.54, 1.807) is 12.1 Å². The fraction of sp³-hybridized carbons (Fsp3) is 0.222. The van der Waals surface area contributed by atoms with Crippen LogP contribution in [0.3, 0.4) is 0 Å². The second kappa shape index (κ2) is 8.12.